The molecule has 0 aliphatic rings. The summed E-state index contributed by atoms with van der Waals surface area (Å²) in [6.45, 7) is 2.84. The predicted octanol–water partition coefficient (Wildman–Crippen LogP) is 3.49. The minimum Gasteiger partial charge on any atom is -0.457 e. The van der Waals surface area contributed by atoms with E-state index in [0.717, 1.165) is 17.4 Å². The van der Waals surface area contributed by atoms with Crippen LogP contribution in [0.4, 0.5) is 13.2 Å². The Morgan fingerprint density at radius 3 is 2.70 bits per heavy atom. The smallest absolute Gasteiger partial charge is 0.416 e. The topological polar surface area (TPSA) is 59.4 Å². The van der Waals surface area contributed by atoms with Crippen LogP contribution in [-0.4, -0.2) is 16.1 Å². The molecule has 0 amide bonds. The maximum Gasteiger partial charge on any atom is 0.416 e. The Bertz CT molecular complexity index is 698. The van der Waals surface area contributed by atoms with Crippen molar-refractivity contribution in [3.8, 4) is 0 Å². The van der Waals surface area contributed by atoms with Gasteiger partial charge in [0.05, 0.1) is 11.1 Å². The Morgan fingerprint density at radius 2 is 2.09 bits per heavy atom. The van der Waals surface area contributed by atoms with Crippen molar-refractivity contribution in [2.45, 2.75) is 18.9 Å². The lowest BCUT2D eigenvalue weighted by Crippen LogP contribution is -2.15. The number of nitrogens with zero attached hydrogens (tertiary/aromatic N) is 1. The average molecular weight is 343 g/mol. The van der Waals surface area contributed by atoms with Gasteiger partial charge in [0.15, 0.2) is 0 Å². The van der Waals surface area contributed by atoms with Crippen molar-refractivity contribution < 1.29 is 27.8 Å². The standard InChI is InChI=1S/C15H12F3NO3S/c1-9(12(20)13-19-6-7-23-13)14(21)22-8-10-4-2-3-5-11(10)15(16,17)18/h2-7,12,20H,1,8H2. The summed E-state index contributed by atoms with van der Waals surface area (Å²) in [7, 11) is 0. The average Bonchev–Trinajstić information content (AvgIpc) is 3.05. The molecule has 0 aliphatic carbocycles. The van der Waals surface area contributed by atoms with Crippen molar-refractivity contribution in [1.82, 2.24) is 4.98 Å². The van der Waals surface area contributed by atoms with Gasteiger partial charge in [-0.05, 0) is 6.07 Å². The molecule has 23 heavy (non-hydrogen) atoms. The third kappa shape index (κ3) is 4.17. The largest absolute Gasteiger partial charge is 0.457 e. The van der Waals surface area contributed by atoms with E-state index in [0.29, 0.717) is 0 Å². The maximum atomic E-state index is 12.8. The molecule has 122 valence electrons. The van der Waals surface area contributed by atoms with E-state index >= 15 is 0 Å². The predicted molar refractivity (Wildman–Crippen MR) is 77.5 cm³/mol. The molecular formula is C15H12F3NO3S. The Kier molecular flexibility index (Phi) is 5.17. The number of ether oxygens (including phenoxy) is 1. The highest BCUT2D eigenvalue weighted by atomic mass is 32.1. The molecule has 1 heterocycles. The number of aliphatic hydroxyl groups is 1. The lowest BCUT2D eigenvalue weighted by molar-refractivity contribution is -0.145. The van der Waals surface area contributed by atoms with E-state index in [1.165, 1.54) is 24.4 Å². The van der Waals surface area contributed by atoms with Gasteiger partial charge in [-0.3, -0.25) is 0 Å². The summed E-state index contributed by atoms with van der Waals surface area (Å²) in [5.41, 5.74) is -1.34. The monoisotopic (exact) mass is 343 g/mol. The highest BCUT2D eigenvalue weighted by Gasteiger charge is 2.33. The number of thiazole rings is 1. The van der Waals surface area contributed by atoms with E-state index in [9.17, 15) is 23.1 Å². The maximum absolute atomic E-state index is 12.8. The fraction of sp³-hybridized carbons (Fsp3) is 0.200. The van der Waals surface area contributed by atoms with E-state index in [-0.39, 0.29) is 16.1 Å². The number of rotatable bonds is 5. The van der Waals surface area contributed by atoms with Gasteiger partial charge in [-0.2, -0.15) is 13.2 Å². The van der Waals surface area contributed by atoms with Crippen LogP contribution in [0, 0.1) is 0 Å². The first-order valence-electron chi connectivity index (χ1n) is 6.39. The zero-order chi connectivity index (χ0) is 17.0. The fourth-order valence-electron chi connectivity index (χ4n) is 1.79. The fourth-order valence-corrected chi connectivity index (χ4v) is 2.44. The summed E-state index contributed by atoms with van der Waals surface area (Å²) < 4.78 is 43.3. The van der Waals surface area contributed by atoms with Gasteiger partial charge in [-0.1, -0.05) is 24.8 Å². The quantitative estimate of drug-likeness (QED) is 0.667. The van der Waals surface area contributed by atoms with Gasteiger partial charge in [0.1, 0.15) is 17.7 Å². The second-order valence-electron chi connectivity index (χ2n) is 4.53. The first-order valence-corrected chi connectivity index (χ1v) is 7.27. The highest BCUT2D eigenvalue weighted by molar-refractivity contribution is 7.09. The van der Waals surface area contributed by atoms with Crippen molar-refractivity contribution in [3.63, 3.8) is 0 Å². The van der Waals surface area contributed by atoms with Crippen molar-refractivity contribution in [1.29, 1.82) is 0 Å². The SMILES string of the molecule is C=C(C(=O)OCc1ccccc1C(F)(F)F)C(O)c1nccs1. The molecular weight excluding hydrogens is 331 g/mol. The third-order valence-electron chi connectivity index (χ3n) is 2.96. The number of hydrogen-bond donors (Lipinski definition) is 1. The lowest BCUT2D eigenvalue weighted by Gasteiger charge is -2.14. The molecule has 0 radical (unpaired) electrons. The molecule has 1 atom stereocenters. The Hall–Kier alpha value is -2.19. The van der Waals surface area contributed by atoms with Crippen LogP contribution in [0.5, 0.6) is 0 Å². The van der Waals surface area contributed by atoms with Crippen LogP contribution in [0.25, 0.3) is 0 Å². The molecule has 0 bridgehead atoms. The second kappa shape index (κ2) is 6.93. The summed E-state index contributed by atoms with van der Waals surface area (Å²) >= 11 is 1.12. The molecule has 1 unspecified atom stereocenters. The number of esters is 1. The summed E-state index contributed by atoms with van der Waals surface area (Å²) in [4.78, 5) is 15.7. The van der Waals surface area contributed by atoms with E-state index in [1.54, 1.807) is 5.38 Å². The molecule has 0 saturated heterocycles. The van der Waals surface area contributed by atoms with E-state index < -0.39 is 30.4 Å². The lowest BCUT2D eigenvalue weighted by atomic mass is 10.1. The Labute approximate surface area is 133 Å². The molecule has 2 rings (SSSR count). The summed E-state index contributed by atoms with van der Waals surface area (Å²) in [5, 5.41) is 11.8. The molecule has 4 nitrogen and oxygen atoms in total. The number of aromatic nitrogens is 1. The highest BCUT2D eigenvalue weighted by Crippen LogP contribution is 2.32. The van der Waals surface area contributed by atoms with Crippen LogP contribution in [0.3, 0.4) is 0 Å². The number of carbonyl (C=O) groups excluding carboxylic acids is 1. The number of halogens is 3. The zero-order valence-corrected chi connectivity index (χ0v) is 12.5. The van der Waals surface area contributed by atoms with Crippen molar-refractivity contribution in [2.24, 2.45) is 0 Å². The Morgan fingerprint density at radius 1 is 1.39 bits per heavy atom. The molecule has 1 N–H and O–H groups in total. The molecule has 1 aromatic heterocycles. The van der Waals surface area contributed by atoms with Gasteiger partial charge >= 0.3 is 12.1 Å². The first kappa shape index (κ1) is 17.2. The molecule has 0 fully saturated rings. The minimum atomic E-state index is -4.54. The molecule has 0 aliphatic heterocycles. The number of alkyl halides is 3. The van der Waals surface area contributed by atoms with Crippen LogP contribution >= 0.6 is 11.3 Å². The van der Waals surface area contributed by atoms with E-state index in [4.69, 9.17) is 4.74 Å². The molecule has 1 aromatic carbocycles. The summed E-state index contributed by atoms with van der Waals surface area (Å²) in [6.07, 6.45) is -4.44. The number of carbonyl (C=O) groups is 1. The van der Waals surface area contributed by atoms with Gasteiger partial charge in [-0.25, -0.2) is 9.78 Å². The normalized spacial score (nSPS) is 12.7. The number of aliphatic hydroxyl groups excluding tert-OH is 1. The van der Waals surface area contributed by atoms with Crippen molar-refractivity contribution in [2.75, 3.05) is 0 Å². The van der Waals surface area contributed by atoms with Gasteiger partial charge in [0, 0.05) is 17.1 Å². The first-order chi connectivity index (χ1) is 10.8. The third-order valence-corrected chi connectivity index (χ3v) is 3.79. The second-order valence-corrected chi connectivity index (χ2v) is 5.46. The van der Waals surface area contributed by atoms with Gasteiger partial charge < -0.3 is 9.84 Å². The van der Waals surface area contributed by atoms with E-state index in [2.05, 4.69) is 11.6 Å². The van der Waals surface area contributed by atoms with Crippen LogP contribution in [0.2, 0.25) is 0 Å². The molecule has 8 heteroatoms. The van der Waals surface area contributed by atoms with E-state index in [1.807, 2.05) is 0 Å². The van der Waals surface area contributed by atoms with Crippen LogP contribution in [0.15, 0.2) is 48.0 Å². The van der Waals surface area contributed by atoms with Gasteiger partial charge in [0.25, 0.3) is 0 Å². The number of benzene rings is 1. The molecule has 0 spiro atoms. The van der Waals surface area contributed by atoms with Gasteiger partial charge in [-0.15, -0.1) is 11.3 Å². The van der Waals surface area contributed by atoms with Crippen LogP contribution in [0.1, 0.15) is 22.2 Å². The van der Waals surface area contributed by atoms with Gasteiger partial charge in [0.2, 0.25) is 0 Å². The van der Waals surface area contributed by atoms with Crippen molar-refractivity contribution >= 4 is 17.3 Å². The molecule has 2 aromatic rings. The Balaban J connectivity index is 2.04. The summed E-state index contributed by atoms with van der Waals surface area (Å²) in [6, 6.07) is 4.79. The molecule has 0 saturated carbocycles. The minimum absolute atomic E-state index is 0.176. The van der Waals surface area contributed by atoms with Crippen molar-refractivity contribution in [3.05, 3.63) is 64.1 Å². The van der Waals surface area contributed by atoms with Crippen LogP contribution in [-0.2, 0) is 22.3 Å². The summed E-state index contributed by atoms with van der Waals surface area (Å²) in [5.74, 6) is -0.982. The van der Waals surface area contributed by atoms with Crippen LogP contribution < -0.4 is 0 Å². The zero-order valence-electron chi connectivity index (χ0n) is 11.7. The number of hydrogen-bond acceptors (Lipinski definition) is 5.